The average molecular weight is 1100 g/mol. The van der Waals surface area contributed by atoms with Crippen LogP contribution in [0.2, 0.25) is 0 Å². The van der Waals surface area contributed by atoms with Gasteiger partial charge in [0.1, 0.15) is 0 Å². The third-order valence-corrected chi connectivity index (χ3v) is 20.3. The first-order valence-electron chi connectivity index (χ1n) is 30.4. The molecule has 0 radical (unpaired) electrons. The topological polar surface area (TPSA) is 13.1 Å². The second-order valence-corrected chi connectivity index (χ2v) is 24.1. The van der Waals surface area contributed by atoms with E-state index in [0.29, 0.717) is 0 Å². The number of hydrogen-bond acceptors (Lipinski definition) is 1. The second kappa shape index (κ2) is 17.2. The molecule has 3 nitrogen and oxygen atoms in total. The molecule has 20 rings (SSSR count). The summed E-state index contributed by atoms with van der Waals surface area (Å²) >= 11 is 0. The molecule has 2 spiro atoms. The van der Waals surface area contributed by atoms with Crippen LogP contribution in [0.25, 0.3) is 110 Å². The Bertz CT molecular complexity index is 5620. The van der Waals surface area contributed by atoms with Gasteiger partial charge in [-0.2, -0.15) is 0 Å². The van der Waals surface area contributed by atoms with Crippen LogP contribution in [0.3, 0.4) is 0 Å². The highest BCUT2D eigenvalue weighted by Crippen LogP contribution is 2.66. The van der Waals surface area contributed by atoms with Crippen molar-refractivity contribution in [3.8, 4) is 55.9 Å². The van der Waals surface area contributed by atoms with Gasteiger partial charge in [-0.3, -0.25) is 0 Å². The molecule has 4 aliphatic rings. The van der Waals surface area contributed by atoms with Gasteiger partial charge in [0.25, 0.3) is 0 Å². The van der Waals surface area contributed by atoms with Gasteiger partial charge in [0.15, 0.2) is 0 Å². The Morgan fingerprint density at radius 2 is 0.736 bits per heavy atom. The third kappa shape index (κ3) is 5.91. The largest absolute Gasteiger partial charge is 0.310 e. The molecule has 1 unspecified atom stereocenters. The van der Waals surface area contributed by atoms with E-state index >= 15 is 0 Å². The fourth-order valence-electron chi connectivity index (χ4n) is 17.0. The summed E-state index contributed by atoms with van der Waals surface area (Å²) in [5, 5.41) is 7.46. The molecule has 2 aromatic heterocycles. The van der Waals surface area contributed by atoms with Gasteiger partial charge in [-0.05, 0) is 167 Å². The fraction of sp³-hybridized carbons (Fsp3) is 0.0238. The second-order valence-electron chi connectivity index (χ2n) is 24.1. The summed E-state index contributed by atoms with van der Waals surface area (Å²) < 4.78 is 4.94. The van der Waals surface area contributed by atoms with Gasteiger partial charge in [0.2, 0.25) is 0 Å². The van der Waals surface area contributed by atoms with Crippen molar-refractivity contribution < 1.29 is 0 Å². The van der Waals surface area contributed by atoms with E-state index in [1.807, 2.05) is 0 Å². The SMILES string of the molecule is c1ccc(-n2c3ccccc3c3cc(-c4ccc(N(c5ccc6c(c5)C5(c7ccccc7-6)c6ccccc6-n6c7ccccc7c7cccc5c76)c5cc6c(c7ccccc57)-c5ccccc5C65c6ccccc6-c6ccccc65)cc4)ccc32)cc1. The summed E-state index contributed by atoms with van der Waals surface area (Å²) in [6.07, 6.45) is 0. The maximum absolute atomic E-state index is 2.59. The first kappa shape index (κ1) is 47.1. The quantitative estimate of drug-likeness (QED) is 0.167. The summed E-state index contributed by atoms with van der Waals surface area (Å²) in [6.45, 7) is 0. The Morgan fingerprint density at radius 1 is 0.253 bits per heavy atom. The number of rotatable bonds is 5. The van der Waals surface area contributed by atoms with Crippen molar-refractivity contribution in [2.45, 2.75) is 10.8 Å². The predicted octanol–water partition coefficient (Wildman–Crippen LogP) is 21.2. The number of para-hydroxylation sites is 5. The molecule has 1 atom stereocenters. The molecular formula is C84H51N3. The maximum atomic E-state index is 2.59. The van der Waals surface area contributed by atoms with E-state index in [9.17, 15) is 0 Å². The molecule has 14 aromatic carbocycles. The van der Waals surface area contributed by atoms with E-state index in [4.69, 9.17) is 0 Å². The molecule has 0 saturated carbocycles. The summed E-state index contributed by atoms with van der Waals surface area (Å²) in [4.78, 5) is 2.59. The number of hydrogen-bond donors (Lipinski definition) is 0. The van der Waals surface area contributed by atoms with Crippen molar-refractivity contribution in [3.05, 3.63) is 354 Å². The molecule has 402 valence electrons. The predicted molar refractivity (Wildman–Crippen MR) is 360 cm³/mol. The van der Waals surface area contributed by atoms with Crippen LogP contribution in [0.4, 0.5) is 17.1 Å². The third-order valence-electron chi connectivity index (χ3n) is 20.3. The van der Waals surface area contributed by atoms with Crippen LogP contribution < -0.4 is 4.90 Å². The van der Waals surface area contributed by atoms with Gasteiger partial charge < -0.3 is 14.0 Å². The van der Waals surface area contributed by atoms with Gasteiger partial charge in [-0.1, -0.05) is 237 Å². The first-order chi connectivity index (χ1) is 43.2. The maximum Gasteiger partial charge on any atom is 0.0755 e. The van der Waals surface area contributed by atoms with Crippen molar-refractivity contribution in [2.75, 3.05) is 4.90 Å². The normalized spacial score (nSPS) is 15.0. The van der Waals surface area contributed by atoms with Crippen molar-refractivity contribution in [2.24, 2.45) is 0 Å². The number of nitrogens with zero attached hydrogens (tertiary/aromatic N) is 3. The Balaban J connectivity index is 0.861. The highest BCUT2D eigenvalue weighted by atomic mass is 15.1. The molecule has 0 fully saturated rings. The highest BCUT2D eigenvalue weighted by molar-refractivity contribution is 6.15. The van der Waals surface area contributed by atoms with Crippen molar-refractivity contribution >= 4 is 71.4 Å². The van der Waals surface area contributed by atoms with Crippen LogP contribution in [0, 0.1) is 0 Å². The molecule has 0 saturated heterocycles. The first-order valence-corrected chi connectivity index (χ1v) is 30.4. The van der Waals surface area contributed by atoms with Crippen molar-refractivity contribution in [1.29, 1.82) is 0 Å². The lowest BCUT2D eigenvalue weighted by Crippen LogP contribution is -2.33. The lowest BCUT2D eigenvalue weighted by Gasteiger charge is -2.40. The average Bonchev–Trinajstić information content (AvgIpc) is 1.58. The summed E-state index contributed by atoms with van der Waals surface area (Å²) in [7, 11) is 0. The Labute approximate surface area is 503 Å². The molecule has 87 heavy (non-hydrogen) atoms. The van der Waals surface area contributed by atoms with Crippen LogP contribution in [0.1, 0.15) is 44.5 Å². The van der Waals surface area contributed by atoms with E-state index in [-0.39, 0.29) is 0 Å². The number of fused-ring (bicyclic) bond motifs is 27. The van der Waals surface area contributed by atoms with Gasteiger partial charge in [-0.15, -0.1) is 0 Å². The van der Waals surface area contributed by atoms with E-state index < -0.39 is 10.8 Å². The van der Waals surface area contributed by atoms with Crippen LogP contribution in [0.5, 0.6) is 0 Å². The molecule has 0 amide bonds. The minimum atomic E-state index is -0.636. The van der Waals surface area contributed by atoms with E-state index in [1.54, 1.807) is 0 Å². The van der Waals surface area contributed by atoms with Crippen molar-refractivity contribution in [3.63, 3.8) is 0 Å². The minimum Gasteiger partial charge on any atom is -0.310 e. The Kier molecular flexibility index (Phi) is 9.32. The van der Waals surface area contributed by atoms with Crippen LogP contribution in [-0.4, -0.2) is 9.13 Å². The summed E-state index contributed by atoms with van der Waals surface area (Å²) in [5.74, 6) is 0. The smallest absolute Gasteiger partial charge is 0.0755 e. The molecule has 0 bridgehead atoms. The number of benzene rings is 14. The molecule has 0 N–H and O–H groups in total. The van der Waals surface area contributed by atoms with Crippen LogP contribution in [-0.2, 0) is 10.8 Å². The molecular weight excluding hydrogens is 1050 g/mol. The van der Waals surface area contributed by atoms with E-state index in [0.717, 1.165) is 28.3 Å². The lowest BCUT2D eigenvalue weighted by molar-refractivity contribution is 0.748. The monoisotopic (exact) mass is 1100 g/mol. The van der Waals surface area contributed by atoms with Gasteiger partial charge >= 0.3 is 0 Å². The Hall–Kier alpha value is -11.3. The summed E-state index contributed by atoms with van der Waals surface area (Å²) in [5.41, 5.74) is 30.0. The zero-order valence-corrected chi connectivity index (χ0v) is 47.3. The molecule has 3 heteroatoms. The molecule has 3 aliphatic carbocycles. The molecule has 1 aliphatic heterocycles. The lowest BCUT2D eigenvalue weighted by atomic mass is 9.65. The van der Waals surface area contributed by atoms with E-state index in [2.05, 4.69) is 323 Å². The van der Waals surface area contributed by atoms with Gasteiger partial charge in [-0.25, -0.2) is 0 Å². The van der Waals surface area contributed by atoms with Gasteiger partial charge in [0, 0.05) is 44.0 Å². The zero-order chi connectivity index (χ0) is 56.7. The zero-order valence-electron chi connectivity index (χ0n) is 47.3. The Morgan fingerprint density at radius 3 is 1.44 bits per heavy atom. The van der Waals surface area contributed by atoms with Gasteiger partial charge in [0.05, 0.1) is 44.3 Å². The number of aromatic nitrogens is 2. The fourth-order valence-corrected chi connectivity index (χ4v) is 17.0. The van der Waals surface area contributed by atoms with Crippen LogP contribution in [0.15, 0.2) is 309 Å². The standard InChI is InChI=1S/C84H51N3/c1-2-21-54(22-3-1)86-76-38-17-11-28-63(76)67-49-53(43-48-78(67)86)52-41-44-55(45-42-52)85(80-51-75-81(64-29-5-4-26-61(64)80)66-30-9-15-35-71(66)83(75)68-32-12-6-23-57(68)58-24-7-13-33-69(58)83)56-46-47-60-59-25-8-14-34-70(59)84(74(60)50-56)72-36-16-19-40-79(72)87-77-39-18-10-27-62(77)65-31-20-37-73(84)82(65)87/h1-51H. The molecule has 3 heterocycles. The van der Waals surface area contributed by atoms with E-state index in [1.165, 1.54) is 144 Å². The highest BCUT2D eigenvalue weighted by Gasteiger charge is 2.54. The number of anilines is 3. The minimum absolute atomic E-state index is 0.553. The van der Waals surface area contributed by atoms with Crippen LogP contribution >= 0.6 is 0 Å². The van der Waals surface area contributed by atoms with Crippen molar-refractivity contribution in [1.82, 2.24) is 9.13 Å². The summed E-state index contributed by atoms with van der Waals surface area (Å²) in [6, 6.07) is 117. The molecule has 16 aromatic rings.